The van der Waals surface area contributed by atoms with E-state index in [-0.39, 0.29) is 24.3 Å². The van der Waals surface area contributed by atoms with Gasteiger partial charge >= 0.3 is 5.97 Å². The van der Waals surface area contributed by atoms with E-state index in [0.717, 1.165) is 69.4 Å². The van der Waals surface area contributed by atoms with Crippen LogP contribution in [0.2, 0.25) is 0 Å². The molecule has 3 heterocycles. The SMILES string of the molecule is COC(=O)[C@H]1CCC[C@H](Oc2ncc(-c3nnn(C)c3COC3CCCCO3)nc2C2CC2)C1. The maximum Gasteiger partial charge on any atom is 0.308 e. The molecule has 0 N–H and O–H groups in total. The van der Waals surface area contributed by atoms with E-state index in [1.54, 1.807) is 10.9 Å². The zero-order valence-electron chi connectivity index (χ0n) is 19.9. The predicted octanol–water partition coefficient (Wildman–Crippen LogP) is 3.30. The predicted molar refractivity (Wildman–Crippen MR) is 121 cm³/mol. The molecule has 3 atom stereocenters. The van der Waals surface area contributed by atoms with Crippen LogP contribution in [0.4, 0.5) is 0 Å². The van der Waals surface area contributed by atoms with Crippen LogP contribution in [0.15, 0.2) is 6.20 Å². The molecule has 0 aromatic carbocycles. The van der Waals surface area contributed by atoms with Crippen LogP contribution in [0, 0.1) is 5.92 Å². The number of hydrogen-bond donors (Lipinski definition) is 0. The molecule has 184 valence electrons. The van der Waals surface area contributed by atoms with Crippen molar-refractivity contribution in [3.63, 3.8) is 0 Å². The summed E-state index contributed by atoms with van der Waals surface area (Å²) in [7, 11) is 3.29. The number of esters is 1. The molecule has 1 saturated heterocycles. The second-order valence-corrected chi connectivity index (χ2v) is 9.46. The van der Waals surface area contributed by atoms with Crippen LogP contribution in [0.5, 0.6) is 5.88 Å². The van der Waals surface area contributed by atoms with Crippen molar-refractivity contribution < 1.29 is 23.7 Å². The van der Waals surface area contributed by atoms with Gasteiger partial charge in [-0.2, -0.15) is 0 Å². The van der Waals surface area contributed by atoms with E-state index in [2.05, 4.69) is 15.3 Å². The average Bonchev–Trinajstić information content (AvgIpc) is 3.66. The van der Waals surface area contributed by atoms with E-state index >= 15 is 0 Å². The van der Waals surface area contributed by atoms with Crippen LogP contribution in [0.3, 0.4) is 0 Å². The monoisotopic (exact) mass is 471 g/mol. The highest BCUT2D eigenvalue weighted by Crippen LogP contribution is 2.44. The standard InChI is InChI=1S/C24H33N5O5/c1-29-19(14-33-20-8-3-4-11-32-20)22(27-28-29)18-13-25-23(21(26-18)15-9-10-15)34-17-7-5-6-16(12-17)24(30)31-2/h13,15-17,20H,3-12,14H2,1-2H3/t16-,17-,20?/m0/s1. The first-order valence-corrected chi connectivity index (χ1v) is 12.4. The fourth-order valence-electron chi connectivity index (χ4n) is 4.76. The molecule has 0 bridgehead atoms. The lowest BCUT2D eigenvalue weighted by molar-refractivity contribution is -0.169. The minimum Gasteiger partial charge on any atom is -0.473 e. The van der Waals surface area contributed by atoms with E-state index in [1.807, 2.05) is 7.05 Å². The molecule has 1 aliphatic heterocycles. The summed E-state index contributed by atoms with van der Waals surface area (Å²) < 4.78 is 24.6. The lowest BCUT2D eigenvalue weighted by Gasteiger charge is -2.28. The summed E-state index contributed by atoms with van der Waals surface area (Å²) in [6, 6.07) is 0. The highest BCUT2D eigenvalue weighted by molar-refractivity contribution is 5.72. The number of aryl methyl sites for hydroxylation is 1. The molecule has 10 heteroatoms. The molecule has 10 nitrogen and oxygen atoms in total. The first kappa shape index (κ1) is 23.2. The summed E-state index contributed by atoms with van der Waals surface area (Å²) in [6.07, 6.45) is 10.00. The maximum atomic E-state index is 12.0. The molecule has 0 amide bonds. The number of carbonyl (C=O) groups is 1. The van der Waals surface area contributed by atoms with Gasteiger partial charge in [-0.05, 0) is 57.8 Å². The molecular weight excluding hydrogens is 438 g/mol. The van der Waals surface area contributed by atoms with Gasteiger partial charge in [-0.25, -0.2) is 14.6 Å². The van der Waals surface area contributed by atoms with E-state index < -0.39 is 0 Å². The Morgan fingerprint density at radius 3 is 2.82 bits per heavy atom. The normalized spacial score (nSPS) is 25.2. The van der Waals surface area contributed by atoms with E-state index in [0.29, 0.717) is 36.2 Å². The Kier molecular flexibility index (Phi) is 7.05. The molecule has 5 rings (SSSR count). The largest absolute Gasteiger partial charge is 0.473 e. The highest BCUT2D eigenvalue weighted by atomic mass is 16.7. The second kappa shape index (κ2) is 10.4. The van der Waals surface area contributed by atoms with E-state index in [4.69, 9.17) is 23.9 Å². The molecule has 2 aromatic rings. The van der Waals surface area contributed by atoms with Crippen LogP contribution < -0.4 is 4.74 Å². The molecule has 34 heavy (non-hydrogen) atoms. The van der Waals surface area contributed by atoms with Crippen molar-refractivity contribution in [1.82, 2.24) is 25.0 Å². The minimum atomic E-state index is -0.190. The quantitative estimate of drug-likeness (QED) is 0.535. The number of aromatic nitrogens is 5. The first-order valence-electron chi connectivity index (χ1n) is 12.4. The zero-order valence-corrected chi connectivity index (χ0v) is 19.9. The van der Waals surface area contributed by atoms with Gasteiger partial charge in [0.2, 0.25) is 5.88 Å². The Morgan fingerprint density at radius 1 is 1.18 bits per heavy atom. The van der Waals surface area contributed by atoms with Crippen LogP contribution in [0.1, 0.15) is 75.1 Å². The molecule has 0 spiro atoms. The van der Waals surface area contributed by atoms with Crippen molar-refractivity contribution in [2.45, 2.75) is 82.7 Å². The zero-order chi connectivity index (χ0) is 23.5. The van der Waals surface area contributed by atoms with Crippen LogP contribution in [-0.2, 0) is 32.7 Å². The van der Waals surface area contributed by atoms with E-state index in [1.165, 1.54) is 7.11 Å². The number of nitrogens with zero attached hydrogens (tertiary/aromatic N) is 5. The molecule has 2 saturated carbocycles. The Bertz CT molecular complexity index is 1000. The third-order valence-electron chi connectivity index (χ3n) is 6.90. The van der Waals surface area contributed by atoms with Crippen LogP contribution >= 0.6 is 0 Å². The number of ether oxygens (including phenoxy) is 4. The Labute approximate surface area is 199 Å². The van der Waals surface area contributed by atoms with Gasteiger partial charge in [0, 0.05) is 19.6 Å². The number of rotatable bonds is 8. The average molecular weight is 472 g/mol. The third kappa shape index (κ3) is 5.22. The lowest BCUT2D eigenvalue weighted by atomic mass is 9.87. The van der Waals surface area contributed by atoms with Crippen molar-refractivity contribution >= 4 is 5.97 Å². The van der Waals surface area contributed by atoms with Gasteiger partial charge in [0.05, 0.1) is 31.5 Å². The molecule has 2 aliphatic carbocycles. The van der Waals surface area contributed by atoms with Gasteiger partial charge in [0.25, 0.3) is 0 Å². The molecular formula is C24H33N5O5. The second-order valence-electron chi connectivity index (χ2n) is 9.46. The molecule has 1 unspecified atom stereocenters. The summed E-state index contributed by atoms with van der Waals surface area (Å²) in [6.45, 7) is 1.08. The summed E-state index contributed by atoms with van der Waals surface area (Å²) in [5.74, 6) is 0.636. The van der Waals surface area contributed by atoms with Crippen molar-refractivity contribution in [2.75, 3.05) is 13.7 Å². The van der Waals surface area contributed by atoms with Crippen molar-refractivity contribution in [2.24, 2.45) is 13.0 Å². The molecule has 0 radical (unpaired) electrons. The number of carbonyl (C=O) groups excluding carboxylic acids is 1. The summed E-state index contributed by atoms with van der Waals surface area (Å²) >= 11 is 0. The van der Waals surface area contributed by atoms with Crippen molar-refractivity contribution in [1.29, 1.82) is 0 Å². The Hall–Kier alpha value is -2.59. The van der Waals surface area contributed by atoms with Crippen LogP contribution in [0.25, 0.3) is 11.4 Å². The molecule has 2 aromatic heterocycles. The van der Waals surface area contributed by atoms with E-state index in [9.17, 15) is 4.79 Å². The van der Waals surface area contributed by atoms with Gasteiger partial charge in [-0.1, -0.05) is 5.21 Å². The third-order valence-corrected chi connectivity index (χ3v) is 6.90. The fraction of sp³-hybridized carbons (Fsp3) is 0.708. The lowest BCUT2D eigenvalue weighted by Crippen LogP contribution is -2.30. The molecule has 3 fully saturated rings. The summed E-state index contributed by atoms with van der Waals surface area (Å²) in [4.78, 5) is 21.6. The minimum absolute atomic E-state index is 0.0635. The Balaban J connectivity index is 1.32. The summed E-state index contributed by atoms with van der Waals surface area (Å²) in [5, 5.41) is 8.55. The van der Waals surface area contributed by atoms with Gasteiger partial charge in [0.15, 0.2) is 6.29 Å². The van der Waals surface area contributed by atoms with Crippen molar-refractivity contribution in [3.8, 4) is 17.3 Å². The topological polar surface area (TPSA) is 110 Å². The smallest absolute Gasteiger partial charge is 0.308 e. The summed E-state index contributed by atoms with van der Waals surface area (Å²) in [5.41, 5.74) is 3.04. The number of hydrogen-bond acceptors (Lipinski definition) is 9. The fourth-order valence-corrected chi connectivity index (χ4v) is 4.76. The maximum absolute atomic E-state index is 12.0. The highest BCUT2D eigenvalue weighted by Gasteiger charge is 2.34. The number of methoxy groups -OCH3 is 1. The van der Waals surface area contributed by atoms with Crippen molar-refractivity contribution in [3.05, 3.63) is 17.6 Å². The van der Waals surface area contributed by atoms with Gasteiger partial charge in [-0.3, -0.25) is 4.79 Å². The van der Waals surface area contributed by atoms with Gasteiger partial charge in [-0.15, -0.1) is 5.10 Å². The first-order chi connectivity index (χ1) is 16.6. The molecule has 3 aliphatic rings. The van der Waals surface area contributed by atoms with Gasteiger partial charge in [0.1, 0.15) is 23.2 Å². The van der Waals surface area contributed by atoms with Gasteiger partial charge < -0.3 is 18.9 Å². The Morgan fingerprint density at radius 2 is 2.06 bits per heavy atom. The van der Waals surface area contributed by atoms with Crippen LogP contribution in [-0.4, -0.2) is 57.0 Å².